The van der Waals surface area contributed by atoms with Crippen LogP contribution in [-0.2, 0) is 6.54 Å². The first-order valence-electron chi connectivity index (χ1n) is 14.6. The Bertz CT molecular complexity index is 1460. The number of primary amides is 1. The van der Waals surface area contributed by atoms with Gasteiger partial charge in [-0.25, -0.2) is 18.6 Å². The lowest BCUT2D eigenvalue weighted by Crippen LogP contribution is -2.49. The molecule has 0 atom stereocenters. The number of rotatable bonds is 11. The molecular formula is C32H38F2N6O4. The summed E-state index contributed by atoms with van der Waals surface area (Å²) in [4.78, 5) is 46.7. The Kier molecular flexibility index (Phi) is 10.8. The molecule has 1 saturated heterocycles. The molecule has 1 aliphatic heterocycles. The van der Waals surface area contributed by atoms with Gasteiger partial charge in [0, 0.05) is 70.2 Å². The largest absolute Gasteiger partial charge is 0.439 e. The minimum Gasteiger partial charge on any atom is -0.439 e. The van der Waals surface area contributed by atoms with E-state index in [4.69, 9.17) is 10.5 Å². The van der Waals surface area contributed by atoms with Crippen LogP contribution in [0.25, 0.3) is 0 Å². The monoisotopic (exact) mass is 608 g/mol. The zero-order valence-electron chi connectivity index (χ0n) is 25.2. The molecule has 234 valence electrons. The van der Waals surface area contributed by atoms with Crippen LogP contribution in [0.5, 0.6) is 11.6 Å². The van der Waals surface area contributed by atoms with Crippen LogP contribution >= 0.6 is 0 Å². The molecule has 44 heavy (non-hydrogen) atoms. The molecule has 12 heteroatoms. The molecule has 0 spiro atoms. The summed E-state index contributed by atoms with van der Waals surface area (Å²) in [6.45, 7) is 4.67. The van der Waals surface area contributed by atoms with Gasteiger partial charge in [-0.1, -0.05) is 19.4 Å². The van der Waals surface area contributed by atoms with Crippen LogP contribution < -0.4 is 15.8 Å². The molecule has 2 aromatic carbocycles. The van der Waals surface area contributed by atoms with Gasteiger partial charge in [0.2, 0.25) is 5.88 Å². The third kappa shape index (κ3) is 8.28. The Morgan fingerprint density at radius 3 is 2.34 bits per heavy atom. The van der Waals surface area contributed by atoms with E-state index in [2.05, 4.69) is 15.2 Å². The van der Waals surface area contributed by atoms with Crippen molar-refractivity contribution >= 4 is 23.5 Å². The lowest BCUT2D eigenvalue weighted by atomic mass is 10.0. The first kappa shape index (κ1) is 32.3. The molecule has 4 rings (SSSR count). The number of piperidine rings is 1. The average Bonchev–Trinajstić information content (AvgIpc) is 3.00. The van der Waals surface area contributed by atoms with Crippen LogP contribution in [0.2, 0.25) is 0 Å². The number of unbranched alkanes of at least 4 members (excludes halogenated alkanes) is 1. The van der Waals surface area contributed by atoms with Crippen molar-refractivity contribution in [3.63, 3.8) is 0 Å². The Labute approximate surface area is 255 Å². The first-order chi connectivity index (χ1) is 21.0. The molecule has 4 amide bonds. The van der Waals surface area contributed by atoms with Crippen molar-refractivity contribution in [3.8, 4) is 11.6 Å². The van der Waals surface area contributed by atoms with Gasteiger partial charge in [-0.3, -0.25) is 14.5 Å². The fraction of sp³-hybridized carbons (Fsp3) is 0.375. The Morgan fingerprint density at radius 2 is 1.75 bits per heavy atom. The van der Waals surface area contributed by atoms with Gasteiger partial charge in [-0.15, -0.1) is 0 Å². The molecular weight excluding hydrogens is 570 g/mol. The second-order valence-corrected chi connectivity index (χ2v) is 11.0. The molecule has 1 aromatic heterocycles. The van der Waals surface area contributed by atoms with Gasteiger partial charge in [-0.05, 0) is 55.2 Å². The second kappa shape index (κ2) is 14.7. The van der Waals surface area contributed by atoms with E-state index in [1.54, 1.807) is 55.5 Å². The molecule has 0 radical (unpaired) electrons. The number of nitrogens with one attached hydrogen (secondary N) is 1. The molecule has 2 heterocycles. The highest BCUT2D eigenvalue weighted by atomic mass is 19.1. The molecule has 3 N–H and O–H groups in total. The number of amides is 4. The minimum absolute atomic E-state index is 0.0646. The van der Waals surface area contributed by atoms with Crippen LogP contribution in [0.1, 0.15) is 58.9 Å². The number of anilines is 1. The van der Waals surface area contributed by atoms with E-state index in [1.165, 1.54) is 4.90 Å². The molecule has 0 saturated carbocycles. The summed E-state index contributed by atoms with van der Waals surface area (Å²) in [7, 11) is 3.40. The average molecular weight is 609 g/mol. The van der Waals surface area contributed by atoms with Crippen molar-refractivity contribution in [3.05, 3.63) is 83.1 Å². The Balaban J connectivity index is 1.32. The zero-order valence-corrected chi connectivity index (χ0v) is 25.2. The predicted molar refractivity (Wildman–Crippen MR) is 163 cm³/mol. The van der Waals surface area contributed by atoms with Gasteiger partial charge in [0.1, 0.15) is 17.4 Å². The van der Waals surface area contributed by atoms with Crippen molar-refractivity contribution in [2.45, 2.75) is 45.2 Å². The smallest absolute Gasteiger partial charge is 0.322 e. The molecule has 0 bridgehead atoms. The highest BCUT2D eigenvalue weighted by Gasteiger charge is 2.28. The SMILES string of the molecule is CCCCN(C(=O)Nc1cc(C(N)=O)c(F)cc1F)C1CCN(Cc2ccc(Oc3ccc(C(=O)N(C)C)cc3)nc2)CC1. The summed E-state index contributed by atoms with van der Waals surface area (Å²) >= 11 is 0. The van der Waals surface area contributed by atoms with E-state index in [9.17, 15) is 23.2 Å². The van der Waals surface area contributed by atoms with Gasteiger partial charge >= 0.3 is 6.03 Å². The van der Waals surface area contributed by atoms with Crippen molar-refractivity contribution in [2.24, 2.45) is 5.73 Å². The standard InChI is InChI=1S/C32H38F2N6O4/c1-4-5-14-40(32(43)37-28-17-25(30(35)41)26(33)18-27(28)34)23-12-15-39(16-13-23)20-21-6-11-29(36-19-21)44-24-9-7-22(8-10-24)31(42)38(2)3/h6-11,17-19,23H,4-5,12-16,20H2,1-3H3,(H2,35,41)(H,37,43). The first-order valence-corrected chi connectivity index (χ1v) is 14.6. The van der Waals surface area contributed by atoms with E-state index in [0.717, 1.165) is 50.4 Å². The molecule has 1 fully saturated rings. The van der Waals surface area contributed by atoms with E-state index >= 15 is 0 Å². The highest BCUT2D eigenvalue weighted by molar-refractivity contribution is 5.96. The summed E-state index contributed by atoms with van der Waals surface area (Å²) in [5.41, 5.74) is 5.99. The van der Waals surface area contributed by atoms with Crippen LogP contribution in [0.4, 0.5) is 19.3 Å². The highest BCUT2D eigenvalue weighted by Crippen LogP contribution is 2.24. The maximum atomic E-state index is 14.4. The topological polar surface area (TPSA) is 121 Å². The number of carbonyl (C=O) groups is 3. The van der Waals surface area contributed by atoms with Crippen LogP contribution in [0.3, 0.4) is 0 Å². The number of nitrogens with zero attached hydrogens (tertiary/aromatic N) is 4. The predicted octanol–water partition coefficient (Wildman–Crippen LogP) is 5.25. The summed E-state index contributed by atoms with van der Waals surface area (Å²) in [6.07, 6.45) is 4.84. The lowest BCUT2D eigenvalue weighted by Gasteiger charge is -2.38. The maximum Gasteiger partial charge on any atom is 0.322 e. The Hall–Kier alpha value is -4.58. The number of pyridine rings is 1. The van der Waals surface area contributed by atoms with Crippen molar-refractivity contribution in [1.29, 1.82) is 0 Å². The summed E-state index contributed by atoms with van der Waals surface area (Å²) in [5.74, 6) is -2.17. The van der Waals surface area contributed by atoms with Gasteiger partial charge < -0.3 is 25.6 Å². The number of urea groups is 1. The fourth-order valence-electron chi connectivity index (χ4n) is 5.06. The van der Waals surface area contributed by atoms with E-state index in [0.29, 0.717) is 36.3 Å². The maximum absolute atomic E-state index is 14.4. The van der Waals surface area contributed by atoms with Gasteiger partial charge in [0.05, 0.1) is 11.3 Å². The normalized spacial score (nSPS) is 13.8. The number of hydrogen-bond acceptors (Lipinski definition) is 6. The van der Waals surface area contributed by atoms with Gasteiger partial charge in [0.25, 0.3) is 11.8 Å². The van der Waals surface area contributed by atoms with Crippen molar-refractivity contribution in [1.82, 2.24) is 19.7 Å². The van der Waals surface area contributed by atoms with Crippen LogP contribution in [0, 0.1) is 11.6 Å². The third-order valence-electron chi connectivity index (χ3n) is 7.51. The summed E-state index contributed by atoms with van der Waals surface area (Å²) in [5, 5.41) is 2.51. The van der Waals surface area contributed by atoms with E-state index in [-0.39, 0.29) is 17.6 Å². The molecule has 1 aliphatic rings. The number of benzene rings is 2. The zero-order chi connectivity index (χ0) is 31.8. The number of nitrogens with two attached hydrogens (primary N) is 1. The van der Waals surface area contributed by atoms with E-state index in [1.807, 2.05) is 13.0 Å². The van der Waals surface area contributed by atoms with Crippen molar-refractivity contribution in [2.75, 3.05) is 39.0 Å². The van der Waals surface area contributed by atoms with E-state index < -0.39 is 29.1 Å². The molecule has 0 unspecified atom stereocenters. The number of carbonyl (C=O) groups excluding carboxylic acids is 3. The summed E-state index contributed by atoms with van der Waals surface area (Å²) in [6, 6.07) is 11.6. The number of hydrogen-bond donors (Lipinski definition) is 2. The minimum atomic E-state index is -1.08. The second-order valence-electron chi connectivity index (χ2n) is 11.0. The molecule has 0 aliphatic carbocycles. The lowest BCUT2D eigenvalue weighted by molar-refractivity contribution is 0.0827. The third-order valence-corrected chi connectivity index (χ3v) is 7.51. The number of aromatic nitrogens is 1. The number of likely N-dealkylation sites (tertiary alicyclic amines) is 1. The molecule has 10 nitrogen and oxygen atoms in total. The van der Waals surface area contributed by atoms with Crippen molar-refractivity contribution < 1.29 is 27.9 Å². The summed E-state index contributed by atoms with van der Waals surface area (Å²) < 4.78 is 34.1. The van der Waals surface area contributed by atoms with Gasteiger partial charge in [0.15, 0.2) is 0 Å². The molecule has 3 aromatic rings. The van der Waals surface area contributed by atoms with Crippen LogP contribution in [-0.4, -0.2) is 77.3 Å². The Morgan fingerprint density at radius 1 is 1.05 bits per heavy atom. The van der Waals surface area contributed by atoms with Gasteiger partial charge in [-0.2, -0.15) is 0 Å². The number of halogens is 2. The quantitative estimate of drug-likeness (QED) is 0.307. The fourth-order valence-corrected chi connectivity index (χ4v) is 5.06. The number of ether oxygens (including phenoxy) is 1. The van der Waals surface area contributed by atoms with Crippen LogP contribution in [0.15, 0.2) is 54.7 Å².